The molecule has 0 aliphatic heterocycles. The molecule has 0 atom stereocenters. The molecule has 218 valence electrons. The van der Waals surface area contributed by atoms with Gasteiger partial charge in [0.2, 0.25) is 0 Å². The first kappa shape index (κ1) is 27.2. The molecule has 2 heterocycles. The molecule has 4 heteroatoms. The number of para-hydroxylation sites is 1. The highest BCUT2D eigenvalue weighted by atomic mass is 32.2. The second kappa shape index (κ2) is 11.0. The van der Waals surface area contributed by atoms with Crippen LogP contribution in [0, 0.1) is 0 Å². The van der Waals surface area contributed by atoms with Crippen LogP contribution in [0.3, 0.4) is 0 Å². The van der Waals surface area contributed by atoms with Gasteiger partial charge in [-0.3, -0.25) is 4.99 Å². The van der Waals surface area contributed by atoms with Gasteiger partial charge in [0, 0.05) is 52.8 Å². The maximum atomic E-state index is 4.69. The first-order chi connectivity index (χ1) is 22.8. The molecule has 0 unspecified atom stereocenters. The lowest BCUT2D eigenvalue weighted by Gasteiger charge is -2.13. The second-order valence-electron chi connectivity index (χ2n) is 11.6. The van der Waals surface area contributed by atoms with Crippen molar-refractivity contribution in [1.82, 2.24) is 4.57 Å². The van der Waals surface area contributed by atoms with Crippen molar-refractivity contribution in [3.05, 3.63) is 151 Å². The Morgan fingerprint density at radius 2 is 1.35 bits per heavy atom. The lowest BCUT2D eigenvalue weighted by molar-refractivity contribution is 1.18. The molecule has 0 spiro atoms. The number of benzene rings is 7. The summed E-state index contributed by atoms with van der Waals surface area (Å²) in [4.78, 5) is 5.84. The van der Waals surface area contributed by atoms with E-state index in [9.17, 15) is 0 Å². The molecule has 0 saturated heterocycles. The van der Waals surface area contributed by atoms with Gasteiger partial charge in [-0.2, -0.15) is 0 Å². The van der Waals surface area contributed by atoms with Crippen molar-refractivity contribution in [3.63, 3.8) is 0 Å². The molecule has 0 saturated carbocycles. The van der Waals surface area contributed by atoms with E-state index in [0.717, 1.165) is 16.3 Å². The van der Waals surface area contributed by atoms with Crippen molar-refractivity contribution in [2.24, 2.45) is 4.99 Å². The summed E-state index contributed by atoms with van der Waals surface area (Å²) in [7, 11) is 0. The number of thiophene rings is 1. The average Bonchev–Trinajstić information content (AvgIpc) is 3.66. The molecule has 46 heavy (non-hydrogen) atoms. The van der Waals surface area contributed by atoms with Crippen LogP contribution in [0.15, 0.2) is 155 Å². The summed E-state index contributed by atoms with van der Waals surface area (Å²) in [6, 6.07) is 52.6. The van der Waals surface area contributed by atoms with Crippen LogP contribution in [0.1, 0.15) is 5.56 Å². The van der Waals surface area contributed by atoms with Gasteiger partial charge in [0.15, 0.2) is 0 Å². The van der Waals surface area contributed by atoms with Crippen molar-refractivity contribution in [2.75, 3.05) is 0 Å². The highest BCUT2D eigenvalue weighted by Gasteiger charge is 2.20. The summed E-state index contributed by atoms with van der Waals surface area (Å²) in [5.41, 5.74) is 8.37. The minimum Gasteiger partial charge on any atom is -0.309 e. The predicted octanol–water partition coefficient (Wildman–Crippen LogP) is 12.6. The number of hydrogen-bond donors (Lipinski definition) is 0. The lowest BCUT2D eigenvalue weighted by atomic mass is 10.0. The fourth-order valence-electron chi connectivity index (χ4n) is 6.92. The molecule has 0 bridgehead atoms. The van der Waals surface area contributed by atoms with E-state index in [2.05, 4.69) is 162 Å². The Morgan fingerprint density at radius 1 is 0.630 bits per heavy atom. The number of aliphatic imine (C=N–C) groups is 1. The second-order valence-corrected chi connectivity index (χ2v) is 13.7. The Morgan fingerprint density at radius 3 is 2.15 bits per heavy atom. The average molecular weight is 625 g/mol. The van der Waals surface area contributed by atoms with E-state index in [0.29, 0.717) is 0 Å². The van der Waals surface area contributed by atoms with Crippen LogP contribution >= 0.6 is 23.1 Å². The highest BCUT2D eigenvalue weighted by Crippen LogP contribution is 2.49. The van der Waals surface area contributed by atoms with Gasteiger partial charge >= 0.3 is 0 Å². The lowest BCUT2D eigenvalue weighted by Crippen LogP contribution is -1.93. The zero-order valence-corrected chi connectivity index (χ0v) is 26.6. The van der Waals surface area contributed by atoms with Gasteiger partial charge in [0.25, 0.3) is 0 Å². The van der Waals surface area contributed by atoms with E-state index in [4.69, 9.17) is 0 Å². The Labute approximate surface area is 275 Å². The van der Waals surface area contributed by atoms with Gasteiger partial charge in [-0.05, 0) is 71.1 Å². The summed E-state index contributed by atoms with van der Waals surface area (Å²) in [6.07, 6.45) is 0. The van der Waals surface area contributed by atoms with Gasteiger partial charge in [-0.1, -0.05) is 103 Å². The molecule has 2 nitrogen and oxygen atoms in total. The van der Waals surface area contributed by atoms with Gasteiger partial charge in [0.1, 0.15) is 0 Å². The van der Waals surface area contributed by atoms with Gasteiger partial charge in [-0.15, -0.1) is 23.1 Å². The minimum absolute atomic E-state index is 0.808. The quantitative estimate of drug-likeness (QED) is 0.133. The molecule has 9 aromatic rings. The molecule has 0 radical (unpaired) electrons. The SMILES string of the molecule is C=Nc1c(SCc2cccc3c2c2cc4ccccc4cc2n3-c2ccccc2)cc(-c2ccccc2)c2sc3ccccc3c12. The Kier molecular flexibility index (Phi) is 6.51. The number of rotatable bonds is 6. The predicted molar refractivity (Wildman–Crippen MR) is 202 cm³/mol. The number of hydrogen-bond acceptors (Lipinski definition) is 3. The molecular formula is C42H28N2S2. The summed E-state index contributed by atoms with van der Waals surface area (Å²) in [6.45, 7) is 4.08. The summed E-state index contributed by atoms with van der Waals surface area (Å²) in [5.74, 6) is 0.808. The summed E-state index contributed by atoms with van der Waals surface area (Å²) in [5, 5.41) is 7.52. The van der Waals surface area contributed by atoms with Crippen molar-refractivity contribution in [1.29, 1.82) is 0 Å². The largest absolute Gasteiger partial charge is 0.309 e. The highest BCUT2D eigenvalue weighted by molar-refractivity contribution is 7.98. The van der Waals surface area contributed by atoms with Gasteiger partial charge < -0.3 is 4.57 Å². The minimum atomic E-state index is 0.808. The zero-order chi connectivity index (χ0) is 30.6. The van der Waals surface area contributed by atoms with Gasteiger partial charge in [0.05, 0.1) is 16.7 Å². The van der Waals surface area contributed by atoms with Crippen LogP contribution in [0.25, 0.3) is 69.6 Å². The Bertz CT molecular complexity index is 2600. The molecular weight excluding hydrogens is 597 g/mol. The normalized spacial score (nSPS) is 11.7. The van der Waals surface area contributed by atoms with E-state index in [1.54, 1.807) is 0 Å². The van der Waals surface area contributed by atoms with E-state index in [-0.39, 0.29) is 0 Å². The first-order valence-corrected chi connectivity index (χ1v) is 17.2. The molecule has 0 aliphatic rings. The molecule has 9 rings (SSSR count). The van der Waals surface area contributed by atoms with Crippen LogP contribution in [-0.2, 0) is 5.75 Å². The fourth-order valence-corrected chi connectivity index (χ4v) is 9.21. The molecule has 0 N–H and O–H groups in total. The van der Waals surface area contributed by atoms with E-state index < -0.39 is 0 Å². The van der Waals surface area contributed by atoms with Crippen molar-refractivity contribution >= 4 is 88.3 Å². The number of fused-ring (bicyclic) bond motifs is 7. The monoisotopic (exact) mass is 624 g/mol. The van der Waals surface area contributed by atoms with E-state index >= 15 is 0 Å². The molecule has 2 aromatic heterocycles. The maximum Gasteiger partial charge on any atom is 0.0851 e. The summed E-state index contributed by atoms with van der Waals surface area (Å²) >= 11 is 3.69. The van der Waals surface area contributed by atoms with Crippen molar-refractivity contribution in [3.8, 4) is 16.8 Å². The van der Waals surface area contributed by atoms with Gasteiger partial charge in [-0.25, -0.2) is 0 Å². The van der Waals surface area contributed by atoms with Crippen LogP contribution in [0.2, 0.25) is 0 Å². The van der Waals surface area contributed by atoms with Crippen molar-refractivity contribution in [2.45, 2.75) is 10.6 Å². The maximum absolute atomic E-state index is 4.69. The van der Waals surface area contributed by atoms with E-state index in [1.807, 2.05) is 23.1 Å². The standard InChI is InChI=1S/C42H28N2S2/c1-43-41-38(25-33(27-13-4-2-5-14-27)42-40(41)32-20-10-11-22-37(32)46-42)45-26-30-17-12-21-35-39(30)34-23-28-15-8-9-16-29(28)24-36(34)44(35)31-18-6-3-7-19-31/h2-25H,1,26H2. The molecule has 0 fully saturated rings. The zero-order valence-electron chi connectivity index (χ0n) is 25.0. The van der Waals surface area contributed by atoms with Crippen LogP contribution in [0.4, 0.5) is 5.69 Å². The smallest absolute Gasteiger partial charge is 0.0851 e. The molecule has 0 amide bonds. The molecule has 0 aliphatic carbocycles. The Hall–Kier alpha value is -5.16. The third kappa shape index (κ3) is 4.29. The van der Waals surface area contributed by atoms with Crippen LogP contribution in [-0.4, -0.2) is 11.3 Å². The number of thioether (sulfide) groups is 1. The third-order valence-corrected chi connectivity index (χ3v) is 11.3. The molecule has 7 aromatic carbocycles. The van der Waals surface area contributed by atoms with Crippen LogP contribution < -0.4 is 0 Å². The Balaban J connectivity index is 1.25. The van der Waals surface area contributed by atoms with E-state index in [1.165, 1.54) is 75.1 Å². The first-order valence-electron chi connectivity index (χ1n) is 15.4. The number of aromatic nitrogens is 1. The van der Waals surface area contributed by atoms with Crippen LogP contribution in [0.5, 0.6) is 0 Å². The fraction of sp³-hybridized carbons (Fsp3) is 0.0238. The van der Waals surface area contributed by atoms with Crippen molar-refractivity contribution < 1.29 is 0 Å². The topological polar surface area (TPSA) is 17.3 Å². The summed E-state index contributed by atoms with van der Waals surface area (Å²) < 4.78 is 4.95. The number of nitrogens with zero attached hydrogens (tertiary/aromatic N) is 2. The third-order valence-electron chi connectivity index (χ3n) is 8.97.